The van der Waals surface area contributed by atoms with E-state index in [9.17, 15) is 24.3 Å². The molecule has 4 aliphatic carbocycles. The lowest BCUT2D eigenvalue weighted by atomic mass is 9.42. The summed E-state index contributed by atoms with van der Waals surface area (Å²) in [5, 5.41) is 11.9. The summed E-state index contributed by atoms with van der Waals surface area (Å²) in [5.41, 5.74) is -4.57. The van der Waals surface area contributed by atoms with Gasteiger partial charge in [0, 0.05) is 38.0 Å². The van der Waals surface area contributed by atoms with Gasteiger partial charge in [0.2, 0.25) is 5.78 Å². The summed E-state index contributed by atoms with van der Waals surface area (Å²) >= 11 is 0. The Morgan fingerprint density at radius 2 is 1.57 bits per heavy atom. The Balaban J connectivity index is 1.69. The topological polar surface area (TPSA) is 116 Å². The molecular weight excluding hydrogens is 483 g/mol. The van der Waals surface area contributed by atoms with E-state index in [2.05, 4.69) is 0 Å². The van der Waals surface area contributed by atoms with E-state index in [1.54, 1.807) is 0 Å². The summed E-state index contributed by atoms with van der Waals surface area (Å²) in [6.45, 7) is 9.11. The van der Waals surface area contributed by atoms with Crippen LogP contribution in [0.3, 0.4) is 0 Å². The highest BCUT2D eigenvalue weighted by Gasteiger charge is 2.74. The van der Waals surface area contributed by atoms with Crippen molar-refractivity contribution in [1.29, 1.82) is 0 Å². The Kier molecular flexibility index (Phi) is 7.04. The first kappa shape index (κ1) is 28.0. The molecule has 4 saturated carbocycles. The van der Waals surface area contributed by atoms with E-state index in [-0.39, 0.29) is 36.5 Å². The molecule has 8 nitrogen and oxygen atoms in total. The molecule has 4 aliphatic rings. The lowest BCUT2D eigenvalue weighted by Gasteiger charge is -2.65. The van der Waals surface area contributed by atoms with Crippen LogP contribution in [0.5, 0.6) is 0 Å². The number of ketones is 1. The lowest BCUT2D eigenvalue weighted by Crippen LogP contribution is -2.70. The number of aliphatic hydroxyl groups is 1. The molecule has 0 aromatic heterocycles. The summed E-state index contributed by atoms with van der Waals surface area (Å²) in [6.07, 6.45) is 1.08. The van der Waals surface area contributed by atoms with Crippen LogP contribution >= 0.6 is 0 Å². The molecule has 0 radical (unpaired) electrons. The van der Waals surface area contributed by atoms with Gasteiger partial charge in [-0.15, -0.1) is 0 Å². The largest absolute Gasteiger partial charge is 0.462 e. The van der Waals surface area contributed by atoms with Gasteiger partial charge in [-0.05, 0) is 62.2 Å². The van der Waals surface area contributed by atoms with Crippen molar-refractivity contribution in [3.05, 3.63) is 0 Å². The van der Waals surface area contributed by atoms with Crippen LogP contribution in [-0.2, 0) is 33.4 Å². The maximum Gasteiger partial charge on any atom is 0.303 e. The van der Waals surface area contributed by atoms with Gasteiger partial charge in [-0.3, -0.25) is 19.2 Å². The summed E-state index contributed by atoms with van der Waals surface area (Å²) in [5.74, 6) is -2.70. The highest BCUT2D eigenvalue weighted by atomic mass is 19.1. The first-order valence-electron chi connectivity index (χ1n) is 13.5. The van der Waals surface area contributed by atoms with Crippen molar-refractivity contribution in [2.45, 2.75) is 110 Å². The number of halogens is 1. The Bertz CT molecular complexity index is 983. The maximum absolute atomic E-state index is 16.5. The van der Waals surface area contributed by atoms with Gasteiger partial charge in [0.25, 0.3) is 0 Å². The number of hydrogen-bond donors (Lipinski definition) is 1. The molecule has 0 amide bonds. The number of hydrogen-bond acceptors (Lipinski definition) is 8. The van der Waals surface area contributed by atoms with E-state index >= 15 is 4.39 Å². The van der Waals surface area contributed by atoms with Gasteiger partial charge < -0.3 is 19.3 Å². The number of carbonyl (C=O) groups is 4. The van der Waals surface area contributed by atoms with Crippen molar-refractivity contribution in [3.8, 4) is 0 Å². The Hall–Kier alpha value is -2.03. The first-order chi connectivity index (χ1) is 17.1. The summed E-state index contributed by atoms with van der Waals surface area (Å²) in [6, 6.07) is 0. The molecule has 37 heavy (non-hydrogen) atoms. The van der Waals surface area contributed by atoms with Gasteiger partial charge in [-0.25, -0.2) is 4.39 Å². The molecule has 4 fully saturated rings. The van der Waals surface area contributed by atoms with Gasteiger partial charge in [-0.1, -0.05) is 20.8 Å². The number of ether oxygens (including phenoxy) is 3. The smallest absolute Gasteiger partial charge is 0.303 e. The Morgan fingerprint density at radius 1 is 0.919 bits per heavy atom. The van der Waals surface area contributed by atoms with Crippen LogP contribution < -0.4 is 0 Å². The maximum atomic E-state index is 16.5. The van der Waals surface area contributed by atoms with Crippen LogP contribution in [0.1, 0.15) is 86.5 Å². The van der Waals surface area contributed by atoms with Crippen LogP contribution in [0, 0.1) is 34.5 Å². The molecule has 0 aliphatic heterocycles. The van der Waals surface area contributed by atoms with Gasteiger partial charge in [-0.2, -0.15) is 0 Å². The average molecular weight is 525 g/mol. The molecule has 10 atom stereocenters. The fourth-order valence-corrected chi connectivity index (χ4v) is 9.19. The van der Waals surface area contributed by atoms with E-state index in [0.717, 1.165) is 0 Å². The van der Waals surface area contributed by atoms with E-state index in [4.69, 9.17) is 14.2 Å². The average Bonchev–Trinajstić information content (AvgIpc) is 3.00. The highest BCUT2D eigenvalue weighted by molar-refractivity contribution is 5.91. The van der Waals surface area contributed by atoms with Crippen molar-refractivity contribution in [1.82, 2.24) is 0 Å². The lowest BCUT2D eigenvalue weighted by molar-refractivity contribution is -0.265. The highest BCUT2D eigenvalue weighted by Crippen LogP contribution is 2.71. The molecule has 0 aromatic carbocycles. The number of esters is 3. The fourth-order valence-electron chi connectivity index (χ4n) is 9.19. The van der Waals surface area contributed by atoms with E-state index in [0.29, 0.717) is 32.1 Å². The number of carbonyl (C=O) groups excluding carboxylic acids is 4. The Labute approximate surface area is 218 Å². The minimum atomic E-state index is -1.68. The standard InChI is InChI=1S/C28H41FO8/c1-15-11-22-20-12-23(29)27(37-18(4)32)13-19(36-17(3)31)7-9-25(27,5)21(20)8-10-26(22,6)28(15,34)24(33)14-35-16(2)30/h15,19-23,34H,7-14H2,1-6H3/t15-,19+,20-,21+,22+,23-,25-,26+,27+,28+/m1/s1. The molecule has 0 heterocycles. The summed E-state index contributed by atoms with van der Waals surface area (Å²) in [4.78, 5) is 48.5. The number of alkyl halides is 1. The fraction of sp³-hybridized carbons (Fsp3) is 0.857. The second-order valence-electron chi connectivity index (χ2n) is 12.5. The molecule has 0 aromatic rings. The zero-order chi connectivity index (χ0) is 27.6. The monoisotopic (exact) mass is 524 g/mol. The van der Waals surface area contributed by atoms with E-state index in [1.165, 1.54) is 20.8 Å². The minimum Gasteiger partial charge on any atom is -0.462 e. The number of rotatable bonds is 5. The van der Waals surface area contributed by atoms with E-state index in [1.807, 2.05) is 20.8 Å². The predicted octanol–water partition coefficient (Wildman–Crippen LogP) is 3.70. The second kappa shape index (κ2) is 9.31. The van der Waals surface area contributed by atoms with Gasteiger partial charge in [0.15, 0.2) is 12.2 Å². The second-order valence-corrected chi connectivity index (χ2v) is 12.5. The van der Waals surface area contributed by atoms with Crippen LogP contribution in [0.2, 0.25) is 0 Å². The molecule has 1 N–H and O–H groups in total. The van der Waals surface area contributed by atoms with Crippen molar-refractivity contribution in [2.75, 3.05) is 6.61 Å². The van der Waals surface area contributed by atoms with Crippen molar-refractivity contribution in [2.24, 2.45) is 34.5 Å². The molecule has 4 rings (SSSR count). The van der Waals surface area contributed by atoms with Crippen LogP contribution in [0.25, 0.3) is 0 Å². The number of Topliss-reactive ketones (excluding diaryl/α,β-unsaturated/α-hetero) is 1. The third-order valence-corrected chi connectivity index (χ3v) is 10.8. The normalized spacial score (nSPS) is 46.6. The van der Waals surface area contributed by atoms with Crippen molar-refractivity contribution in [3.63, 3.8) is 0 Å². The van der Waals surface area contributed by atoms with Crippen LogP contribution in [0.15, 0.2) is 0 Å². The third-order valence-electron chi connectivity index (χ3n) is 10.8. The van der Waals surface area contributed by atoms with Gasteiger partial charge >= 0.3 is 17.9 Å². The van der Waals surface area contributed by atoms with Crippen molar-refractivity contribution >= 4 is 23.7 Å². The molecule has 0 saturated heterocycles. The molecule has 0 spiro atoms. The zero-order valence-corrected chi connectivity index (χ0v) is 22.8. The molecule has 9 heteroatoms. The predicted molar refractivity (Wildman–Crippen MR) is 130 cm³/mol. The molecular formula is C28H41FO8. The third kappa shape index (κ3) is 4.02. The summed E-state index contributed by atoms with van der Waals surface area (Å²) < 4.78 is 32.8. The number of fused-ring (bicyclic) bond motifs is 5. The van der Waals surface area contributed by atoms with Crippen LogP contribution in [0.4, 0.5) is 4.39 Å². The minimum absolute atomic E-state index is 0.00771. The van der Waals surface area contributed by atoms with Crippen LogP contribution in [-0.4, -0.2) is 58.9 Å². The van der Waals surface area contributed by atoms with E-state index < -0.39 is 64.6 Å². The first-order valence-corrected chi connectivity index (χ1v) is 13.5. The van der Waals surface area contributed by atoms with Gasteiger partial charge in [0.1, 0.15) is 17.9 Å². The molecule has 0 unspecified atom stereocenters. The van der Waals surface area contributed by atoms with Crippen molar-refractivity contribution < 1.29 is 42.9 Å². The molecule has 208 valence electrons. The quantitative estimate of drug-likeness (QED) is 0.428. The zero-order valence-electron chi connectivity index (χ0n) is 22.8. The molecule has 0 bridgehead atoms. The van der Waals surface area contributed by atoms with Gasteiger partial charge in [0.05, 0.1) is 0 Å². The summed E-state index contributed by atoms with van der Waals surface area (Å²) in [7, 11) is 0. The SMILES string of the molecule is CC(=O)OCC(=O)[C@@]1(O)[C@H](C)C[C@H]2[C@@H]3C[C@@H](F)[C@@]4(OC(C)=O)C[C@@H](OC(C)=O)CC[C@]4(C)[C@H]3CC[C@@]21C. The Morgan fingerprint density at radius 3 is 2.16 bits per heavy atom.